The Morgan fingerprint density at radius 2 is 0.882 bits per heavy atom. The Bertz CT molecular complexity index is 3050. The van der Waals surface area contributed by atoms with Crippen LogP contribution in [-0.4, -0.2) is 9.13 Å². The summed E-state index contributed by atoms with van der Waals surface area (Å²) in [6, 6.07) is 65.4. The Hall–Kier alpha value is -6.84. The number of benzene rings is 8. The van der Waals surface area contributed by atoms with Gasteiger partial charge in [0.25, 0.3) is 0 Å². The number of nitrogens with zero attached hydrogens (tertiary/aromatic N) is 2. The molecule has 51 heavy (non-hydrogen) atoms. The van der Waals surface area contributed by atoms with Crippen molar-refractivity contribution in [1.29, 1.82) is 0 Å². The molecule has 0 atom stereocenters. The average Bonchev–Trinajstić information content (AvgIpc) is 3.86. The molecule has 0 amide bonds. The minimum atomic E-state index is 0.897. The average molecular weight is 651 g/mol. The van der Waals surface area contributed by atoms with E-state index in [1.165, 1.54) is 65.9 Å². The van der Waals surface area contributed by atoms with Crippen molar-refractivity contribution in [3.05, 3.63) is 182 Å². The summed E-state index contributed by atoms with van der Waals surface area (Å²) in [7, 11) is 0. The number of para-hydroxylation sites is 3. The van der Waals surface area contributed by atoms with Crippen molar-refractivity contribution in [3.8, 4) is 33.6 Å². The second kappa shape index (κ2) is 10.8. The molecule has 0 aliphatic carbocycles. The first-order valence-corrected chi connectivity index (χ1v) is 17.4. The summed E-state index contributed by atoms with van der Waals surface area (Å²) in [5, 5.41) is 7.21. The van der Waals surface area contributed by atoms with E-state index in [2.05, 4.69) is 185 Å². The molecule has 0 N–H and O–H groups in total. The van der Waals surface area contributed by atoms with Crippen LogP contribution in [0.4, 0.5) is 0 Å². The van der Waals surface area contributed by atoms with E-state index in [0.717, 1.165) is 33.3 Å². The third-order valence-electron chi connectivity index (χ3n) is 10.5. The zero-order valence-electron chi connectivity index (χ0n) is 27.6. The molecule has 0 spiro atoms. The van der Waals surface area contributed by atoms with Gasteiger partial charge >= 0.3 is 0 Å². The maximum Gasteiger partial charge on any atom is 0.137 e. The van der Waals surface area contributed by atoms with Gasteiger partial charge in [0.15, 0.2) is 0 Å². The summed E-state index contributed by atoms with van der Waals surface area (Å²) in [6.45, 7) is 0. The Labute approximate surface area is 293 Å². The predicted molar refractivity (Wildman–Crippen MR) is 213 cm³/mol. The molecule has 0 aliphatic rings. The van der Waals surface area contributed by atoms with Crippen molar-refractivity contribution in [3.63, 3.8) is 0 Å². The molecule has 3 nitrogen and oxygen atoms in total. The lowest BCUT2D eigenvalue weighted by atomic mass is 9.98. The number of hydrogen-bond donors (Lipinski definition) is 0. The van der Waals surface area contributed by atoms with Crippen LogP contribution in [0.15, 0.2) is 186 Å². The van der Waals surface area contributed by atoms with E-state index in [1.54, 1.807) is 0 Å². The third-order valence-corrected chi connectivity index (χ3v) is 10.5. The topological polar surface area (TPSA) is 23.0 Å². The molecule has 8 aromatic carbocycles. The van der Waals surface area contributed by atoms with Gasteiger partial charge in [0, 0.05) is 38.3 Å². The Balaban J connectivity index is 1.30. The largest absolute Gasteiger partial charge is 0.456 e. The SMILES string of the molecule is c1ccc(-c2cc(-c3ccccc3)cc(-n3c4ccccc4c4c5c6ccc7oc8ccccc8c7c6n(-c6ccccc6)c5ccc43)c2)cc1. The van der Waals surface area contributed by atoms with Crippen molar-refractivity contribution in [2.75, 3.05) is 0 Å². The molecule has 0 fully saturated rings. The van der Waals surface area contributed by atoms with Crippen LogP contribution in [0.25, 0.3) is 99.2 Å². The van der Waals surface area contributed by atoms with Crippen molar-refractivity contribution in [2.24, 2.45) is 0 Å². The molecule has 3 heterocycles. The van der Waals surface area contributed by atoms with Crippen LogP contribution in [-0.2, 0) is 0 Å². The zero-order valence-corrected chi connectivity index (χ0v) is 27.6. The van der Waals surface area contributed by atoms with Gasteiger partial charge in [-0.25, -0.2) is 0 Å². The quantitative estimate of drug-likeness (QED) is 0.186. The van der Waals surface area contributed by atoms with Gasteiger partial charge in [-0.2, -0.15) is 0 Å². The van der Waals surface area contributed by atoms with Gasteiger partial charge in [0.2, 0.25) is 0 Å². The normalized spacial score (nSPS) is 11.9. The van der Waals surface area contributed by atoms with E-state index in [9.17, 15) is 0 Å². The smallest absolute Gasteiger partial charge is 0.137 e. The van der Waals surface area contributed by atoms with Crippen LogP contribution < -0.4 is 0 Å². The molecule has 0 radical (unpaired) electrons. The van der Waals surface area contributed by atoms with E-state index in [-0.39, 0.29) is 0 Å². The van der Waals surface area contributed by atoms with Crippen molar-refractivity contribution >= 4 is 65.6 Å². The fourth-order valence-corrected chi connectivity index (χ4v) is 8.32. The fourth-order valence-electron chi connectivity index (χ4n) is 8.32. The Morgan fingerprint density at radius 3 is 1.59 bits per heavy atom. The first-order chi connectivity index (χ1) is 25.3. The summed E-state index contributed by atoms with van der Waals surface area (Å²) in [4.78, 5) is 0. The van der Waals surface area contributed by atoms with Crippen LogP contribution in [0.2, 0.25) is 0 Å². The maximum absolute atomic E-state index is 6.44. The summed E-state index contributed by atoms with van der Waals surface area (Å²) < 4.78 is 11.3. The van der Waals surface area contributed by atoms with E-state index >= 15 is 0 Å². The highest BCUT2D eigenvalue weighted by atomic mass is 16.3. The van der Waals surface area contributed by atoms with Gasteiger partial charge in [-0.05, 0) is 89.0 Å². The highest BCUT2D eigenvalue weighted by molar-refractivity contribution is 6.33. The monoisotopic (exact) mass is 650 g/mol. The molecule has 0 saturated heterocycles. The summed E-state index contributed by atoms with van der Waals surface area (Å²) in [5.41, 5.74) is 13.5. The Kier molecular flexibility index (Phi) is 5.96. The predicted octanol–water partition coefficient (Wildman–Crippen LogP) is 13.1. The number of furan rings is 1. The first kappa shape index (κ1) is 28.0. The van der Waals surface area contributed by atoms with Crippen LogP contribution in [0.5, 0.6) is 0 Å². The molecular formula is C48H30N2O. The lowest BCUT2D eigenvalue weighted by molar-refractivity contribution is 0.669. The molecule has 0 saturated carbocycles. The number of rotatable bonds is 4. The summed E-state index contributed by atoms with van der Waals surface area (Å²) in [5.74, 6) is 0. The summed E-state index contributed by atoms with van der Waals surface area (Å²) >= 11 is 0. The second-order valence-electron chi connectivity index (χ2n) is 13.3. The zero-order chi connectivity index (χ0) is 33.5. The molecule has 0 bridgehead atoms. The van der Waals surface area contributed by atoms with E-state index in [4.69, 9.17) is 4.42 Å². The second-order valence-corrected chi connectivity index (χ2v) is 13.3. The van der Waals surface area contributed by atoms with E-state index in [0.29, 0.717) is 0 Å². The van der Waals surface area contributed by atoms with Crippen molar-refractivity contribution in [2.45, 2.75) is 0 Å². The van der Waals surface area contributed by atoms with E-state index in [1.807, 2.05) is 6.07 Å². The van der Waals surface area contributed by atoms with Crippen LogP contribution in [0.1, 0.15) is 0 Å². The highest BCUT2D eigenvalue weighted by Crippen LogP contribution is 2.46. The molecule has 3 heteroatoms. The molecule has 3 aromatic heterocycles. The number of hydrogen-bond acceptors (Lipinski definition) is 1. The third kappa shape index (κ3) is 4.12. The minimum Gasteiger partial charge on any atom is -0.456 e. The van der Waals surface area contributed by atoms with Gasteiger partial charge in [-0.1, -0.05) is 115 Å². The Morgan fingerprint density at radius 1 is 0.314 bits per heavy atom. The first-order valence-electron chi connectivity index (χ1n) is 17.4. The summed E-state index contributed by atoms with van der Waals surface area (Å²) in [6.07, 6.45) is 0. The molecule has 0 unspecified atom stereocenters. The highest BCUT2D eigenvalue weighted by Gasteiger charge is 2.23. The molecule has 0 aliphatic heterocycles. The van der Waals surface area contributed by atoms with Crippen molar-refractivity contribution in [1.82, 2.24) is 9.13 Å². The number of aromatic nitrogens is 2. The standard InChI is InChI=1S/C48H30N2O/c1-4-14-31(15-5-1)33-28-34(32-16-6-2-7-17-32)30-36(29-33)49-40-22-12-10-20-37(40)45-41(49)25-26-42-46(45)39-24-27-44-47(38-21-11-13-23-43(38)51-44)48(39)50(42)35-18-8-3-9-19-35/h1-30H. The molecule has 238 valence electrons. The van der Waals surface area contributed by atoms with Crippen molar-refractivity contribution < 1.29 is 4.42 Å². The molecule has 11 rings (SSSR count). The van der Waals surface area contributed by atoms with E-state index < -0.39 is 0 Å². The van der Waals surface area contributed by atoms with Crippen LogP contribution >= 0.6 is 0 Å². The van der Waals surface area contributed by atoms with Gasteiger partial charge in [0.1, 0.15) is 11.2 Å². The van der Waals surface area contributed by atoms with Gasteiger partial charge in [-0.3, -0.25) is 0 Å². The number of fused-ring (bicyclic) bond motifs is 11. The minimum absolute atomic E-state index is 0.897. The lowest BCUT2D eigenvalue weighted by Gasteiger charge is -2.14. The molecular weight excluding hydrogens is 621 g/mol. The van der Waals surface area contributed by atoms with Gasteiger partial charge < -0.3 is 13.6 Å². The molecule has 11 aromatic rings. The maximum atomic E-state index is 6.44. The van der Waals surface area contributed by atoms with Gasteiger partial charge in [0.05, 0.1) is 27.5 Å². The van der Waals surface area contributed by atoms with Gasteiger partial charge in [-0.15, -0.1) is 0 Å². The van der Waals surface area contributed by atoms with Crippen LogP contribution in [0.3, 0.4) is 0 Å². The van der Waals surface area contributed by atoms with Crippen LogP contribution in [0, 0.1) is 0 Å². The lowest BCUT2D eigenvalue weighted by Crippen LogP contribution is -1.96. The fraction of sp³-hybridized carbons (Fsp3) is 0.